The van der Waals surface area contributed by atoms with Gasteiger partial charge in [-0.05, 0) is 44.9 Å². The van der Waals surface area contributed by atoms with Gasteiger partial charge in [-0.3, -0.25) is 0 Å². The fraction of sp³-hybridized carbons (Fsp3) is 0.385. The molecule has 0 bridgehead atoms. The first-order chi connectivity index (χ1) is 7.49. The Kier molecular flexibility index (Phi) is 1.69. The summed E-state index contributed by atoms with van der Waals surface area (Å²) in [5.74, 6) is -0.324. The van der Waals surface area contributed by atoms with Crippen LogP contribution < -0.4 is 5.73 Å². The second kappa shape index (κ2) is 2.78. The maximum atomic E-state index is 13.4. The summed E-state index contributed by atoms with van der Waals surface area (Å²) in [6.45, 7) is 4.42. The molecule has 0 unspecified atom stereocenters. The molecule has 1 aromatic heterocycles. The van der Waals surface area contributed by atoms with Crippen molar-refractivity contribution in [3.8, 4) is 0 Å². The fourth-order valence-electron chi connectivity index (χ4n) is 2.75. The van der Waals surface area contributed by atoms with E-state index in [4.69, 9.17) is 5.73 Å². The van der Waals surface area contributed by atoms with Crippen LogP contribution >= 0.6 is 0 Å². The Morgan fingerprint density at radius 1 is 1.31 bits per heavy atom. The number of hydrogen-bond acceptors (Lipinski definition) is 1. The molecule has 84 valence electrons. The second-order valence-corrected chi connectivity index (χ2v) is 5.22. The summed E-state index contributed by atoms with van der Waals surface area (Å²) in [5, 5.41) is 0.953. The Balaban J connectivity index is 2.39. The number of anilines is 1. The molecular formula is C13H15FN2. The maximum Gasteiger partial charge on any atom is 0.146 e. The van der Waals surface area contributed by atoms with Crippen LogP contribution in [0.25, 0.3) is 10.9 Å². The van der Waals surface area contributed by atoms with Crippen LogP contribution in [0.1, 0.15) is 26.0 Å². The molecule has 2 N–H and O–H groups in total. The van der Waals surface area contributed by atoms with Crippen molar-refractivity contribution in [2.75, 3.05) is 5.73 Å². The molecular weight excluding hydrogens is 203 g/mol. The smallest absolute Gasteiger partial charge is 0.146 e. The van der Waals surface area contributed by atoms with E-state index in [1.165, 1.54) is 11.8 Å². The summed E-state index contributed by atoms with van der Waals surface area (Å²) >= 11 is 0. The molecule has 0 fully saturated rings. The molecule has 0 atom stereocenters. The number of aryl methyl sites for hydroxylation is 1. The molecule has 0 aliphatic carbocycles. The van der Waals surface area contributed by atoms with E-state index in [1.54, 1.807) is 6.07 Å². The standard InChI is InChI=1S/C13H15FN2/c1-13(2)4-3-9-5-8-6-10(14)11(15)7-12(8)16(9)13/h5-7H,3-4,15H2,1-2H3. The lowest BCUT2D eigenvalue weighted by molar-refractivity contribution is 0.387. The van der Waals surface area contributed by atoms with Gasteiger partial charge in [-0.2, -0.15) is 0 Å². The Morgan fingerprint density at radius 2 is 2.06 bits per heavy atom. The van der Waals surface area contributed by atoms with Crippen LogP contribution in [-0.4, -0.2) is 4.57 Å². The average molecular weight is 218 g/mol. The first-order valence-corrected chi connectivity index (χ1v) is 5.59. The Morgan fingerprint density at radius 3 is 2.81 bits per heavy atom. The van der Waals surface area contributed by atoms with Gasteiger partial charge in [-0.25, -0.2) is 4.39 Å². The quantitative estimate of drug-likeness (QED) is 0.677. The molecule has 1 aromatic carbocycles. The van der Waals surface area contributed by atoms with Gasteiger partial charge in [0.15, 0.2) is 0 Å². The lowest BCUT2D eigenvalue weighted by Crippen LogP contribution is -2.20. The topological polar surface area (TPSA) is 30.9 Å². The molecule has 0 radical (unpaired) electrons. The van der Waals surface area contributed by atoms with Gasteiger partial charge in [0.2, 0.25) is 0 Å². The highest BCUT2D eigenvalue weighted by Gasteiger charge is 2.30. The van der Waals surface area contributed by atoms with E-state index < -0.39 is 0 Å². The van der Waals surface area contributed by atoms with E-state index in [0.717, 1.165) is 23.7 Å². The number of benzene rings is 1. The van der Waals surface area contributed by atoms with Gasteiger partial charge in [-0.1, -0.05) is 0 Å². The zero-order valence-electron chi connectivity index (χ0n) is 9.55. The molecule has 2 aromatic rings. The van der Waals surface area contributed by atoms with Crippen molar-refractivity contribution in [3.05, 3.63) is 29.7 Å². The van der Waals surface area contributed by atoms with Gasteiger partial charge in [0, 0.05) is 16.6 Å². The predicted molar refractivity (Wildman–Crippen MR) is 64.0 cm³/mol. The number of nitrogen functional groups attached to an aromatic ring is 1. The van der Waals surface area contributed by atoms with Gasteiger partial charge in [0.05, 0.1) is 11.2 Å². The van der Waals surface area contributed by atoms with Gasteiger partial charge >= 0.3 is 0 Å². The van der Waals surface area contributed by atoms with Crippen molar-refractivity contribution < 1.29 is 4.39 Å². The molecule has 3 heteroatoms. The zero-order valence-corrected chi connectivity index (χ0v) is 9.55. The molecule has 0 saturated carbocycles. The zero-order chi connectivity index (χ0) is 11.5. The Bertz CT molecular complexity index is 581. The summed E-state index contributed by atoms with van der Waals surface area (Å²) < 4.78 is 15.7. The molecule has 2 heterocycles. The second-order valence-electron chi connectivity index (χ2n) is 5.22. The lowest BCUT2D eigenvalue weighted by Gasteiger charge is -2.22. The predicted octanol–water partition coefficient (Wildman–Crippen LogP) is 3.04. The first-order valence-electron chi connectivity index (χ1n) is 5.59. The van der Waals surface area contributed by atoms with Crippen LogP contribution in [0.2, 0.25) is 0 Å². The lowest BCUT2D eigenvalue weighted by atomic mass is 10.0. The van der Waals surface area contributed by atoms with Crippen molar-refractivity contribution in [1.82, 2.24) is 4.57 Å². The molecule has 1 aliphatic heterocycles. The molecule has 1 aliphatic rings. The number of nitrogens with two attached hydrogens (primary N) is 1. The Hall–Kier alpha value is -1.51. The van der Waals surface area contributed by atoms with E-state index in [0.29, 0.717) is 0 Å². The minimum absolute atomic E-state index is 0.112. The van der Waals surface area contributed by atoms with Crippen LogP contribution in [0.3, 0.4) is 0 Å². The number of rotatable bonds is 0. The average Bonchev–Trinajstić information content (AvgIpc) is 2.67. The van der Waals surface area contributed by atoms with Crippen molar-refractivity contribution in [2.45, 2.75) is 32.2 Å². The number of hydrogen-bond donors (Lipinski definition) is 1. The van der Waals surface area contributed by atoms with E-state index in [1.807, 2.05) is 0 Å². The monoisotopic (exact) mass is 218 g/mol. The molecule has 0 saturated heterocycles. The van der Waals surface area contributed by atoms with Gasteiger partial charge in [0.25, 0.3) is 0 Å². The third kappa shape index (κ3) is 1.11. The number of fused-ring (bicyclic) bond motifs is 3. The van der Waals surface area contributed by atoms with Gasteiger partial charge in [0.1, 0.15) is 5.82 Å². The minimum atomic E-state index is -0.324. The van der Waals surface area contributed by atoms with Gasteiger partial charge < -0.3 is 10.3 Å². The third-order valence-corrected chi connectivity index (χ3v) is 3.59. The summed E-state index contributed by atoms with van der Waals surface area (Å²) in [5.41, 5.74) is 8.32. The molecule has 16 heavy (non-hydrogen) atoms. The van der Waals surface area contributed by atoms with Crippen LogP contribution in [0.4, 0.5) is 10.1 Å². The molecule has 0 amide bonds. The van der Waals surface area contributed by atoms with Crippen molar-refractivity contribution in [2.24, 2.45) is 0 Å². The number of halogens is 1. The van der Waals surface area contributed by atoms with Crippen molar-refractivity contribution in [1.29, 1.82) is 0 Å². The fourth-order valence-corrected chi connectivity index (χ4v) is 2.75. The van der Waals surface area contributed by atoms with Crippen molar-refractivity contribution in [3.63, 3.8) is 0 Å². The van der Waals surface area contributed by atoms with Crippen LogP contribution in [0.5, 0.6) is 0 Å². The van der Waals surface area contributed by atoms with E-state index in [-0.39, 0.29) is 17.0 Å². The number of aromatic nitrogens is 1. The normalized spacial score (nSPS) is 17.9. The molecule has 2 nitrogen and oxygen atoms in total. The summed E-state index contributed by atoms with van der Waals surface area (Å²) in [6.07, 6.45) is 2.19. The highest BCUT2D eigenvalue weighted by Crippen LogP contribution is 2.38. The van der Waals surface area contributed by atoms with E-state index >= 15 is 0 Å². The molecule has 0 spiro atoms. The van der Waals surface area contributed by atoms with Crippen LogP contribution in [0, 0.1) is 5.82 Å². The van der Waals surface area contributed by atoms with Crippen LogP contribution in [0.15, 0.2) is 18.2 Å². The summed E-state index contributed by atoms with van der Waals surface area (Å²) in [7, 11) is 0. The van der Waals surface area contributed by atoms with Gasteiger partial charge in [-0.15, -0.1) is 0 Å². The largest absolute Gasteiger partial charge is 0.396 e. The minimum Gasteiger partial charge on any atom is -0.396 e. The number of nitrogens with zero attached hydrogens (tertiary/aromatic N) is 1. The van der Waals surface area contributed by atoms with E-state index in [9.17, 15) is 4.39 Å². The highest BCUT2D eigenvalue weighted by atomic mass is 19.1. The SMILES string of the molecule is CC1(C)CCc2cc3cc(F)c(N)cc3n21. The molecule has 3 rings (SSSR count). The third-order valence-electron chi connectivity index (χ3n) is 3.59. The van der Waals surface area contributed by atoms with Crippen LogP contribution in [-0.2, 0) is 12.0 Å². The first kappa shape index (κ1) is 9.70. The van der Waals surface area contributed by atoms with Crippen molar-refractivity contribution >= 4 is 16.6 Å². The highest BCUT2D eigenvalue weighted by molar-refractivity contribution is 5.85. The summed E-state index contributed by atoms with van der Waals surface area (Å²) in [4.78, 5) is 0. The maximum absolute atomic E-state index is 13.4. The Labute approximate surface area is 93.9 Å². The summed E-state index contributed by atoms with van der Waals surface area (Å²) in [6, 6.07) is 5.36. The van der Waals surface area contributed by atoms with E-state index in [2.05, 4.69) is 24.5 Å².